The van der Waals surface area contributed by atoms with Crippen molar-refractivity contribution in [3.63, 3.8) is 0 Å². The van der Waals surface area contributed by atoms with E-state index in [2.05, 4.69) is 32.2 Å². The Bertz CT molecular complexity index is 1130. The molecule has 0 amide bonds. The molecule has 3 aromatic rings. The van der Waals surface area contributed by atoms with Gasteiger partial charge in [-0.1, -0.05) is 34.0 Å². The van der Waals surface area contributed by atoms with Gasteiger partial charge in [-0.2, -0.15) is 0 Å². The zero-order valence-corrected chi connectivity index (χ0v) is 17.1. The lowest BCUT2D eigenvalue weighted by Crippen LogP contribution is -2.14. The van der Waals surface area contributed by atoms with Gasteiger partial charge in [-0.3, -0.25) is 0 Å². The quantitative estimate of drug-likeness (QED) is 0.559. The van der Waals surface area contributed by atoms with Crippen LogP contribution in [-0.4, -0.2) is 18.7 Å². The fourth-order valence-corrected chi connectivity index (χ4v) is 3.91. The second kappa shape index (κ2) is 7.59. The highest BCUT2D eigenvalue weighted by Gasteiger charge is 2.20. The van der Waals surface area contributed by atoms with Crippen molar-refractivity contribution < 1.29 is 12.8 Å². The summed E-state index contributed by atoms with van der Waals surface area (Å²) >= 11 is 3.42. The maximum Gasteiger partial charge on any atom is 0.299 e. The van der Waals surface area contributed by atoms with Gasteiger partial charge in [0.15, 0.2) is 15.6 Å². The van der Waals surface area contributed by atoms with Crippen LogP contribution in [0.2, 0.25) is 0 Å². The van der Waals surface area contributed by atoms with Crippen LogP contribution in [0.5, 0.6) is 0 Å². The molecule has 1 N–H and O–H groups in total. The third-order valence-electron chi connectivity index (χ3n) is 3.95. The fourth-order valence-electron chi connectivity index (χ4n) is 2.42. The lowest BCUT2D eigenvalue weighted by molar-refractivity contribution is 0.586. The van der Waals surface area contributed by atoms with E-state index in [-0.39, 0.29) is 10.9 Å². The highest BCUT2D eigenvalue weighted by molar-refractivity contribution is 9.10. The molecule has 1 heterocycles. The minimum absolute atomic E-state index is 0.192. The van der Waals surface area contributed by atoms with Gasteiger partial charge in [-0.15, -0.1) is 6.42 Å². The van der Waals surface area contributed by atoms with Gasteiger partial charge in [0, 0.05) is 15.6 Å². The molecule has 0 aliphatic carbocycles. The summed E-state index contributed by atoms with van der Waals surface area (Å²) in [6.45, 7) is 3.27. The van der Waals surface area contributed by atoms with E-state index in [4.69, 9.17) is 10.8 Å². The Kier molecular flexibility index (Phi) is 5.40. The monoisotopic (exact) mass is 444 g/mol. The van der Waals surface area contributed by atoms with Gasteiger partial charge in [0.1, 0.15) is 0 Å². The van der Waals surface area contributed by atoms with Crippen LogP contribution >= 0.6 is 15.9 Å². The standard InChI is InChI=1S/C20H17BrN2O3S/c1-4-14-8-9-17(27(24,25)13(2)3)11-18(14)23-20-22-12-19(26-20)15-6-5-7-16(21)10-15/h1,5-13H,2-3H3,(H,22,23). The number of rotatable bonds is 5. The Labute approximate surface area is 166 Å². The van der Waals surface area contributed by atoms with Crippen molar-refractivity contribution in [3.8, 4) is 23.7 Å². The minimum atomic E-state index is -3.42. The Balaban J connectivity index is 1.95. The molecule has 0 saturated heterocycles. The Morgan fingerprint density at radius 3 is 2.67 bits per heavy atom. The first kappa shape index (κ1) is 19.2. The maximum atomic E-state index is 12.4. The van der Waals surface area contributed by atoms with E-state index in [1.165, 1.54) is 12.1 Å². The number of hydrogen-bond donors (Lipinski definition) is 1. The molecule has 0 spiro atoms. The highest BCUT2D eigenvalue weighted by Crippen LogP contribution is 2.29. The van der Waals surface area contributed by atoms with Gasteiger partial charge in [-0.05, 0) is 44.2 Å². The largest absolute Gasteiger partial charge is 0.423 e. The van der Waals surface area contributed by atoms with Crippen LogP contribution in [0.4, 0.5) is 11.7 Å². The molecule has 0 fully saturated rings. The molecule has 0 unspecified atom stereocenters. The fraction of sp³-hybridized carbons (Fsp3) is 0.150. The second-order valence-electron chi connectivity index (χ2n) is 6.11. The molecule has 2 aromatic carbocycles. The smallest absolute Gasteiger partial charge is 0.299 e. The predicted molar refractivity (Wildman–Crippen MR) is 110 cm³/mol. The number of anilines is 2. The van der Waals surface area contributed by atoms with E-state index in [9.17, 15) is 8.42 Å². The summed E-state index contributed by atoms with van der Waals surface area (Å²) in [7, 11) is -3.42. The van der Waals surface area contributed by atoms with E-state index < -0.39 is 15.1 Å². The number of terminal acetylenes is 1. The molecule has 0 aliphatic rings. The molecular formula is C20H17BrN2O3S. The Hall–Kier alpha value is -2.56. The van der Waals surface area contributed by atoms with Gasteiger partial charge < -0.3 is 9.73 Å². The summed E-state index contributed by atoms with van der Waals surface area (Å²) in [6.07, 6.45) is 7.13. The molecule has 0 atom stereocenters. The van der Waals surface area contributed by atoms with Crippen molar-refractivity contribution in [1.82, 2.24) is 4.98 Å². The first-order chi connectivity index (χ1) is 12.8. The molecule has 138 valence electrons. The molecule has 0 bridgehead atoms. The number of benzene rings is 2. The summed E-state index contributed by atoms with van der Waals surface area (Å²) in [5.41, 5.74) is 1.82. The molecule has 0 aliphatic heterocycles. The number of hydrogen-bond acceptors (Lipinski definition) is 5. The van der Waals surface area contributed by atoms with Crippen LogP contribution in [0.3, 0.4) is 0 Å². The van der Waals surface area contributed by atoms with Gasteiger partial charge >= 0.3 is 0 Å². The van der Waals surface area contributed by atoms with Crippen LogP contribution in [0.1, 0.15) is 19.4 Å². The predicted octanol–water partition coefficient (Wildman–Crippen LogP) is 5.01. The molecule has 0 saturated carbocycles. The third kappa shape index (κ3) is 4.07. The van der Waals surface area contributed by atoms with Crippen LogP contribution in [0.25, 0.3) is 11.3 Å². The van der Waals surface area contributed by atoms with Crippen molar-refractivity contribution in [2.45, 2.75) is 24.0 Å². The van der Waals surface area contributed by atoms with E-state index in [0.717, 1.165) is 10.0 Å². The maximum absolute atomic E-state index is 12.4. The second-order valence-corrected chi connectivity index (χ2v) is 9.53. The van der Waals surface area contributed by atoms with Gasteiger partial charge in [-0.25, -0.2) is 13.4 Å². The molecular weight excluding hydrogens is 428 g/mol. The van der Waals surface area contributed by atoms with Crippen molar-refractivity contribution in [2.24, 2.45) is 0 Å². The molecule has 27 heavy (non-hydrogen) atoms. The summed E-state index contributed by atoms with van der Waals surface area (Å²) in [5.74, 6) is 3.11. The minimum Gasteiger partial charge on any atom is -0.423 e. The molecule has 0 radical (unpaired) electrons. The molecule has 5 nitrogen and oxygen atoms in total. The highest BCUT2D eigenvalue weighted by atomic mass is 79.9. The molecule has 1 aromatic heterocycles. The summed E-state index contributed by atoms with van der Waals surface area (Å²) in [5, 5.41) is 2.45. The molecule has 7 heteroatoms. The molecule has 3 rings (SSSR count). The normalized spacial score (nSPS) is 11.4. The average Bonchev–Trinajstić information content (AvgIpc) is 3.10. The number of aromatic nitrogens is 1. The lowest BCUT2D eigenvalue weighted by atomic mass is 10.2. The summed E-state index contributed by atoms with van der Waals surface area (Å²) in [6, 6.07) is 12.5. The van der Waals surface area contributed by atoms with Crippen LogP contribution < -0.4 is 5.32 Å². The van der Waals surface area contributed by atoms with E-state index >= 15 is 0 Å². The Morgan fingerprint density at radius 1 is 1.22 bits per heavy atom. The number of nitrogens with zero attached hydrogens (tertiary/aromatic N) is 1. The number of halogens is 1. The topological polar surface area (TPSA) is 72.2 Å². The first-order valence-corrected chi connectivity index (χ1v) is 10.5. The average molecular weight is 445 g/mol. The lowest BCUT2D eigenvalue weighted by Gasteiger charge is -2.11. The van der Waals surface area contributed by atoms with E-state index in [1.807, 2.05) is 24.3 Å². The first-order valence-electron chi connectivity index (χ1n) is 8.14. The SMILES string of the molecule is C#Cc1ccc(S(=O)(=O)C(C)C)cc1Nc1ncc(-c2cccc(Br)c2)o1. The van der Waals surface area contributed by atoms with Gasteiger partial charge in [0.2, 0.25) is 0 Å². The van der Waals surface area contributed by atoms with Crippen molar-refractivity contribution in [3.05, 3.63) is 58.7 Å². The summed E-state index contributed by atoms with van der Waals surface area (Å²) in [4.78, 5) is 4.40. The Morgan fingerprint density at radius 2 is 2.00 bits per heavy atom. The zero-order chi connectivity index (χ0) is 19.6. The van der Waals surface area contributed by atoms with Crippen molar-refractivity contribution >= 4 is 37.5 Å². The van der Waals surface area contributed by atoms with Crippen LogP contribution in [-0.2, 0) is 9.84 Å². The van der Waals surface area contributed by atoms with Crippen LogP contribution in [0, 0.1) is 12.3 Å². The van der Waals surface area contributed by atoms with Gasteiger partial charge in [0.25, 0.3) is 6.01 Å². The van der Waals surface area contributed by atoms with E-state index in [0.29, 0.717) is 17.0 Å². The van der Waals surface area contributed by atoms with E-state index in [1.54, 1.807) is 26.1 Å². The van der Waals surface area contributed by atoms with Crippen LogP contribution in [0.15, 0.2) is 62.4 Å². The number of oxazole rings is 1. The van der Waals surface area contributed by atoms with Crippen molar-refractivity contribution in [2.75, 3.05) is 5.32 Å². The third-order valence-corrected chi connectivity index (χ3v) is 6.60. The summed E-state index contributed by atoms with van der Waals surface area (Å²) < 4.78 is 31.5. The number of nitrogens with one attached hydrogen (secondary N) is 1. The number of sulfone groups is 1. The zero-order valence-electron chi connectivity index (χ0n) is 14.7. The van der Waals surface area contributed by atoms with Crippen molar-refractivity contribution in [1.29, 1.82) is 0 Å². The van der Waals surface area contributed by atoms with Gasteiger partial charge in [0.05, 0.1) is 22.0 Å².